The Balaban J connectivity index is 1.44. The molecule has 2 aliphatic heterocycles. The van der Waals surface area contributed by atoms with Crippen molar-refractivity contribution in [3.63, 3.8) is 0 Å². The van der Waals surface area contributed by atoms with Crippen LogP contribution in [0.5, 0.6) is 0 Å². The molecule has 0 saturated carbocycles. The molecule has 2 aromatic rings. The largest absolute Gasteiger partial charge is 0.338 e. The second-order valence-electron chi connectivity index (χ2n) is 6.91. The minimum absolute atomic E-state index is 0.00841. The van der Waals surface area contributed by atoms with E-state index in [0.717, 1.165) is 15.2 Å². The van der Waals surface area contributed by atoms with Crippen molar-refractivity contribution in [2.45, 2.75) is 25.8 Å². The number of nitrogens with zero attached hydrogens (tertiary/aromatic N) is 2. The summed E-state index contributed by atoms with van der Waals surface area (Å²) in [5.41, 5.74) is 1.58. The highest BCUT2D eigenvalue weighted by Gasteiger charge is 2.41. The van der Waals surface area contributed by atoms with Gasteiger partial charge in [0.15, 0.2) is 9.84 Å². The molecule has 0 bridgehead atoms. The van der Waals surface area contributed by atoms with Crippen LogP contribution in [0, 0.1) is 12.8 Å². The fourth-order valence-electron chi connectivity index (χ4n) is 3.64. The minimum atomic E-state index is -3.06. The van der Waals surface area contributed by atoms with Gasteiger partial charge in [-0.25, -0.2) is 13.4 Å². The van der Waals surface area contributed by atoms with Gasteiger partial charge in [0.2, 0.25) is 11.8 Å². The topological polar surface area (TPSA) is 96.4 Å². The van der Waals surface area contributed by atoms with Gasteiger partial charge in [-0.15, -0.1) is 11.3 Å². The number of hydrogen-bond acceptors (Lipinski definition) is 6. The number of rotatable bonds is 3. The number of aromatic nitrogens is 1. The maximum absolute atomic E-state index is 12.6. The first-order valence-corrected chi connectivity index (χ1v) is 11.1. The number of anilines is 1. The molecule has 2 saturated heterocycles. The molecule has 3 heterocycles. The number of aryl methyl sites for hydroxylation is 1. The summed E-state index contributed by atoms with van der Waals surface area (Å²) >= 11 is 1.56. The summed E-state index contributed by atoms with van der Waals surface area (Å²) in [6.45, 7) is 2.22. The van der Waals surface area contributed by atoms with E-state index in [0.29, 0.717) is 12.1 Å². The Labute approximate surface area is 155 Å². The average molecular weight is 393 g/mol. The molecule has 4 rings (SSSR count). The molecule has 0 spiro atoms. The highest BCUT2D eigenvalue weighted by molar-refractivity contribution is 7.91. The van der Waals surface area contributed by atoms with Crippen molar-refractivity contribution in [1.82, 2.24) is 9.88 Å². The summed E-state index contributed by atoms with van der Waals surface area (Å²) in [4.78, 5) is 30.8. The van der Waals surface area contributed by atoms with Crippen LogP contribution >= 0.6 is 11.3 Å². The first-order valence-electron chi connectivity index (χ1n) is 8.49. The fraction of sp³-hybridized carbons (Fsp3) is 0.471. The van der Waals surface area contributed by atoms with Gasteiger partial charge in [0.25, 0.3) is 0 Å². The maximum atomic E-state index is 12.6. The summed E-state index contributed by atoms with van der Waals surface area (Å²) in [5, 5.41) is 3.84. The summed E-state index contributed by atoms with van der Waals surface area (Å²) in [6.07, 6.45) is 0.591. The van der Waals surface area contributed by atoms with Gasteiger partial charge in [0, 0.05) is 24.7 Å². The predicted octanol–water partition coefficient (Wildman–Crippen LogP) is 1.58. The summed E-state index contributed by atoms with van der Waals surface area (Å²) in [7, 11) is -3.06. The van der Waals surface area contributed by atoms with E-state index in [4.69, 9.17) is 0 Å². The predicted molar refractivity (Wildman–Crippen MR) is 99.9 cm³/mol. The molecule has 138 valence electrons. The maximum Gasteiger partial charge on any atom is 0.229 e. The minimum Gasteiger partial charge on any atom is -0.338 e. The summed E-state index contributed by atoms with van der Waals surface area (Å²) < 4.78 is 24.3. The summed E-state index contributed by atoms with van der Waals surface area (Å²) in [5.74, 6) is -0.672. The van der Waals surface area contributed by atoms with Crippen molar-refractivity contribution >= 4 is 48.9 Å². The summed E-state index contributed by atoms with van der Waals surface area (Å²) in [6, 6.07) is 5.26. The number of nitrogens with one attached hydrogen (secondary N) is 1. The van der Waals surface area contributed by atoms with E-state index in [2.05, 4.69) is 10.3 Å². The molecule has 2 atom stereocenters. The van der Waals surface area contributed by atoms with Crippen molar-refractivity contribution in [3.8, 4) is 0 Å². The average Bonchev–Trinajstić information content (AvgIpc) is 3.22. The first kappa shape index (κ1) is 17.4. The molecule has 7 nitrogen and oxygen atoms in total. The number of thiazole rings is 1. The van der Waals surface area contributed by atoms with Gasteiger partial charge in [-0.3, -0.25) is 9.59 Å². The molecule has 2 fully saturated rings. The number of fused-ring (bicyclic) bond motifs is 1. The number of benzene rings is 1. The first-order chi connectivity index (χ1) is 12.3. The Morgan fingerprint density at radius 3 is 2.92 bits per heavy atom. The van der Waals surface area contributed by atoms with Crippen molar-refractivity contribution in [2.24, 2.45) is 5.92 Å². The Kier molecular flexibility index (Phi) is 4.23. The lowest BCUT2D eigenvalue weighted by atomic mass is 10.1. The van der Waals surface area contributed by atoms with Crippen LogP contribution in [0.1, 0.15) is 17.8 Å². The van der Waals surface area contributed by atoms with Crippen molar-refractivity contribution in [1.29, 1.82) is 0 Å². The zero-order valence-corrected chi connectivity index (χ0v) is 15.9. The van der Waals surface area contributed by atoms with Gasteiger partial charge in [-0.1, -0.05) is 0 Å². The third-order valence-electron chi connectivity index (χ3n) is 4.94. The Morgan fingerprint density at radius 1 is 1.38 bits per heavy atom. The molecule has 1 N–H and O–H groups in total. The van der Waals surface area contributed by atoms with Crippen LogP contribution < -0.4 is 5.32 Å². The van der Waals surface area contributed by atoms with Crippen molar-refractivity contribution in [3.05, 3.63) is 23.2 Å². The normalized spacial score (nSPS) is 25.1. The number of sulfone groups is 1. The molecule has 0 radical (unpaired) electrons. The number of hydrogen-bond donors (Lipinski definition) is 1. The van der Waals surface area contributed by atoms with Gasteiger partial charge in [0.05, 0.1) is 32.6 Å². The Hall–Kier alpha value is -2.00. The van der Waals surface area contributed by atoms with Gasteiger partial charge in [-0.05, 0) is 31.5 Å². The van der Waals surface area contributed by atoms with Crippen LogP contribution in [-0.4, -0.2) is 54.2 Å². The highest BCUT2D eigenvalue weighted by Crippen LogP contribution is 2.28. The molecular formula is C17H19N3O4S2. The van der Waals surface area contributed by atoms with E-state index < -0.39 is 15.8 Å². The van der Waals surface area contributed by atoms with Gasteiger partial charge < -0.3 is 10.2 Å². The second kappa shape index (κ2) is 6.31. The molecule has 26 heavy (non-hydrogen) atoms. The van der Waals surface area contributed by atoms with Crippen LogP contribution in [0.2, 0.25) is 0 Å². The standard InChI is InChI=1S/C17H19N3O4S2/c1-10-18-14-3-2-12(7-15(14)25-10)19-17(22)11-6-16(21)20(8-11)13-4-5-26(23,24)9-13/h2-3,7,11,13H,4-6,8-9H2,1H3,(H,19,22)/t11-,13-/m0/s1. The van der Waals surface area contributed by atoms with Gasteiger partial charge in [0.1, 0.15) is 0 Å². The lowest BCUT2D eigenvalue weighted by Crippen LogP contribution is -2.38. The zero-order valence-electron chi connectivity index (χ0n) is 14.3. The van der Waals surface area contributed by atoms with Gasteiger partial charge in [-0.2, -0.15) is 0 Å². The van der Waals surface area contributed by atoms with E-state index in [-0.39, 0.29) is 42.3 Å². The van der Waals surface area contributed by atoms with E-state index in [9.17, 15) is 18.0 Å². The van der Waals surface area contributed by atoms with Crippen LogP contribution in [-0.2, 0) is 19.4 Å². The second-order valence-corrected chi connectivity index (χ2v) is 10.4. The third-order valence-corrected chi connectivity index (χ3v) is 7.63. The number of amides is 2. The van der Waals surface area contributed by atoms with Crippen LogP contribution in [0.25, 0.3) is 10.2 Å². The smallest absolute Gasteiger partial charge is 0.229 e. The van der Waals surface area contributed by atoms with Crippen molar-refractivity contribution in [2.75, 3.05) is 23.4 Å². The highest BCUT2D eigenvalue weighted by atomic mass is 32.2. The van der Waals surface area contributed by atoms with E-state index in [1.54, 1.807) is 22.3 Å². The SMILES string of the molecule is Cc1nc2ccc(NC(=O)[C@H]3CC(=O)N([C@H]4CCS(=O)(=O)C4)C3)cc2s1. The number of carbonyl (C=O) groups excluding carboxylic acids is 2. The third kappa shape index (κ3) is 3.33. The Bertz CT molecular complexity index is 999. The lowest BCUT2D eigenvalue weighted by Gasteiger charge is -2.22. The van der Waals surface area contributed by atoms with Crippen molar-refractivity contribution < 1.29 is 18.0 Å². The van der Waals surface area contributed by atoms with Gasteiger partial charge >= 0.3 is 0 Å². The molecule has 2 amide bonds. The molecule has 0 aliphatic carbocycles. The molecular weight excluding hydrogens is 374 g/mol. The molecule has 9 heteroatoms. The lowest BCUT2D eigenvalue weighted by molar-refractivity contribution is -0.129. The molecule has 2 aliphatic rings. The molecule has 1 aromatic carbocycles. The fourth-order valence-corrected chi connectivity index (χ4v) is 6.24. The van der Waals surface area contributed by atoms with E-state index in [1.165, 1.54) is 0 Å². The zero-order chi connectivity index (χ0) is 18.5. The molecule has 1 aromatic heterocycles. The number of carbonyl (C=O) groups is 2. The van der Waals surface area contributed by atoms with E-state index >= 15 is 0 Å². The quantitative estimate of drug-likeness (QED) is 0.854. The van der Waals surface area contributed by atoms with Crippen LogP contribution in [0.4, 0.5) is 5.69 Å². The van der Waals surface area contributed by atoms with E-state index in [1.807, 2.05) is 19.1 Å². The number of likely N-dealkylation sites (tertiary alicyclic amines) is 1. The molecule has 0 unspecified atom stereocenters. The van der Waals surface area contributed by atoms with Crippen LogP contribution in [0.3, 0.4) is 0 Å². The Morgan fingerprint density at radius 2 is 2.19 bits per heavy atom. The monoisotopic (exact) mass is 393 g/mol. The van der Waals surface area contributed by atoms with Crippen LogP contribution in [0.15, 0.2) is 18.2 Å².